The first kappa shape index (κ1) is 25.9. The second-order valence-corrected chi connectivity index (χ2v) is 7.17. The van der Waals surface area contributed by atoms with Gasteiger partial charge in [-0.15, -0.1) is 24.0 Å². The van der Waals surface area contributed by atoms with Crippen molar-refractivity contribution in [1.29, 1.82) is 0 Å². The van der Waals surface area contributed by atoms with Crippen LogP contribution in [0.25, 0.3) is 0 Å². The first-order valence-electron chi connectivity index (χ1n) is 9.77. The van der Waals surface area contributed by atoms with Crippen molar-refractivity contribution in [1.82, 2.24) is 25.7 Å². The molecule has 7 nitrogen and oxygen atoms in total. The number of halogens is 2. The first-order valence-corrected chi connectivity index (χ1v) is 9.77. The van der Waals surface area contributed by atoms with Crippen LogP contribution < -0.4 is 16.0 Å². The number of aryl methyl sites for hydroxylation is 2. The molecule has 0 aliphatic carbocycles. The van der Waals surface area contributed by atoms with E-state index >= 15 is 0 Å². The SMILES string of the molecule is CN=C(NCCNC(=O)Cc1ccc(F)cc1)NC(C)Cc1c(C)nn(C)c1C.I. The van der Waals surface area contributed by atoms with Gasteiger partial charge < -0.3 is 16.0 Å². The maximum Gasteiger partial charge on any atom is 0.224 e. The summed E-state index contributed by atoms with van der Waals surface area (Å²) < 4.78 is 14.8. The van der Waals surface area contributed by atoms with Crippen molar-refractivity contribution in [2.75, 3.05) is 20.1 Å². The highest BCUT2D eigenvalue weighted by atomic mass is 127. The molecule has 1 atom stereocenters. The van der Waals surface area contributed by atoms with Gasteiger partial charge in [-0.2, -0.15) is 5.10 Å². The molecular weight excluding hydrogens is 498 g/mol. The third-order valence-corrected chi connectivity index (χ3v) is 4.79. The quantitative estimate of drug-likeness (QED) is 0.212. The van der Waals surface area contributed by atoms with Gasteiger partial charge >= 0.3 is 0 Å². The molecule has 0 saturated carbocycles. The predicted octanol–water partition coefficient (Wildman–Crippen LogP) is 2.25. The summed E-state index contributed by atoms with van der Waals surface area (Å²) in [5, 5.41) is 13.9. The third-order valence-electron chi connectivity index (χ3n) is 4.79. The zero-order chi connectivity index (χ0) is 21.4. The number of hydrogen-bond donors (Lipinski definition) is 3. The summed E-state index contributed by atoms with van der Waals surface area (Å²) in [5.74, 6) is 0.280. The van der Waals surface area contributed by atoms with Crippen LogP contribution in [0.5, 0.6) is 0 Å². The van der Waals surface area contributed by atoms with E-state index in [1.807, 2.05) is 18.7 Å². The third kappa shape index (κ3) is 7.92. The monoisotopic (exact) mass is 530 g/mol. The van der Waals surface area contributed by atoms with Crippen molar-refractivity contribution in [3.05, 3.63) is 52.6 Å². The van der Waals surface area contributed by atoms with Crippen LogP contribution in [0.3, 0.4) is 0 Å². The van der Waals surface area contributed by atoms with Crippen molar-refractivity contribution in [2.45, 2.75) is 39.7 Å². The highest BCUT2D eigenvalue weighted by Crippen LogP contribution is 2.14. The maximum atomic E-state index is 12.9. The lowest BCUT2D eigenvalue weighted by Gasteiger charge is -2.18. The fourth-order valence-electron chi connectivity index (χ4n) is 3.13. The number of rotatable bonds is 8. The second-order valence-electron chi connectivity index (χ2n) is 7.17. The number of carbonyl (C=O) groups is 1. The molecule has 1 unspecified atom stereocenters. The molecule has 2 aromatic rings. The smallest absolute Gasteiger partial charge is 0.224 e. The highest BCUT2D eigenvalue weighted by molar-refractivity contribution is 14.0. The maximum absolute atomic E-state index is 12.9. The fourth-order valence-corrected chi connectivity index (χ4v) is 3.13. The van der Waals surface area contributed by atoms with E-state index in [4.69, 9.17) is 0 Å². The molecule has 0 bridgehead atoms. The van der Waals surface area contributed by atoms with Crippen molar-refractivity contribution in [2.24, 2.45) is 12.0 Å². The molecule has 0 aliphatic heterocycles. The topological polar surface area (TPSA) is 83.3 Å². The molecule has 0 radical (unpaired) electrons. The van der Waals surface area contributed by atoms with Gasteiger partial charge in [-0.3, -0.25) is 14.5 Å². The molecular formula is C21H32FIN6O. The number of amides is 1. The number of aromatic nitrogens is 2. The number of hydrogen-bond acceptors (Lipinski definition) is 3. The van der Waals surface area contributed by atoms with Crippen LogP contribution in [0.4, 0.5) is 4.39 Å². The van der Waals surface area contributed by atoms with Gasteiger partial charge in [-0.05, 0) is 50.5 Å². The van der Waals surface area contributed by atoms with Crippen molar-refractivity contribution >= 4 is 35.8 Å². The normalized spacial score (nSPS) is 12.1. The van der Waals surface area contributed by atoms with E-state index in [2.05, 4.69) is 39.9 Å². The van der Waals surface area contributed by atoms with Gasteiger partial charge in [0.05, 0.1) is 12.1 Å². The molecule has 1 amide bonds. The van der Waals surface area contributed by atoms with Crippen molar-refractivity contribution < 1.29 is 9.18 Å². The van der Waals surface area contributed by atoms with E-state index in [1.54, 1.807) is 19.2 Å². The minimum atomic E-state index is -0.305. The minimum absolute atomic E-state index is 0. The molecule has 1 aromatic carbocycles. The number of carbonyl (C=O) groups excluding carboxylic acids is 1. The Morgan fingerprint density at radius 2 is 1.83 bits per heavy atom. The van der Waals surface area contributed by atoms with Crippen LogP contribution in [0.15, 0.2) is 29.3 Å². The molecule has 0 fully saturated rings. The predicted molar refractivity (Wildman–Crippen MR) is 129 cm³/mol. The average Bonchev–Trinajstić information content (AvgIpc) is 2.92. The number of benzene rings is 1. The standard InChI is InChI=1S/C21H31FN6O.HI/c1-14(12-19-15(2)27-28(5)16(19)3)26-21(23-4)25-11-10-24-20(29)13-17-6-8-18(22)9-7-17;/h6-9,14H,10-13H2,1-5H3,(H,24,29)(H2,23,25,26);1H. The van der Waals surface area contributed by atoms with E-state index in [1.165, 1.54) is 23.4 Å². The van der Waals surface area contributed by atoms with Gasteiger partial charge in [0.15, 0.2) is 5.96 Å². The highest BCUT2D eigenvalue weighted by Gasteiger charge is 2.14. The van der Waals surface area contributed by atoms with E-state index < -0.39 is 0 Å². The molecule has 0 saturated heterocycles. The number of nitrogens with zero attached hydrogens (tertiary/aromatic N) is 3. The lowest BCUT2D eigenvalue weighted by molar-refractivity contribution is -0.120. The fraction of sp³-hybridized carbons (Fsp3) is 0.476. The van der Waals surface area contributed by atoms with Crippen LogP contribution in [0.2, 0.25) is 0 Å². The zero-order valence-electron chi connectivity index (χ0n) is 18.3. The Labute approximate surface area is 194 Å². The second kappa shape index (κ2) is 12.5. The molecule has 0 aliphatic rings. The largest absolute Gasteiger partial charge is 0.355 e. The molecule has 2 rings (SSSR count). The Morgan fingerprint density at radius 1 is 1.20 bits per heavy atom. The zero-order valence-corrected chi connectivity index (χ0v) is 20.6. The summed E-state index contributed by atoms with van der Waals surface area (Å²) in [7, 11) is 3.67. The first-order chi connectivity index (χ1) is 13.8. The van der Waals surface area contributed by atoms with E-state index in [9.17, 15) is 9.18 Å². The molecule has 3 N–H and O–H groups in total. The molecule has 1 aromatic heterocycles. The van der Waals surface area contributed by atoms with Crippen LogP contribution in [-0.4, -0.2) is 47.8 Å². The molecule has 0 spiro atoms. The number of nitrogens with one attached hydrogen (secondary N) is 3. The van der Waals surface area contributed by atoms with Gasteiger partial charge in [-0.1, -0.05) is 12.1 Å². The summed E-state index contributed by atoms with van der Waals surface area (Å²) in [5.41, 5.74) is 4.24. The summed E-state index contributed by atoms with van der Waals surface area (Å²) in [6, 6.07) is 6.12. The Balaban J connectivity index is 0.00000450. The van der Waals surface area contributed by atoms with Crippen molar-refractivity contribution in [3.8, 4) is 0 Å². The van der Waals surface area contributed by atoms with Gasteiger partial charge in [-0.25, -0.2) is 4.39 Å². The Hall–Kier alpha value is -2.17. The number of aliphatic imine (C=N–C) groups is 1. The molecule has 30 heavy (non-hydrogen) atoms. The van der Waals surface area contributed by atoms with Gasteiger partial charge in [0.2, 0.25) is 5.91 Å². The lowest BCUT2D eigenvalue weighted by atomic mass is 10.1. The lowest BCUT2D eigenvalue weighted by Crippen LogP contribution is -2.45. The minimum Gasteiger partial charge on any atom is -0.355 e. The van der Waals surface area contributed by atoms with Crippen LogP contribution in [-0.2, 0) is 24.7 Å². The van der Waals surface area contributed by atoms with Crippen molar-refractivity contribution in [3.63, 3.8) is 0 Å². The van der Waals surface area contributed by atoms with Gasteiger partial charge in [0.1, 0.15) is 5.82 Å². The van der Waals surface area contributed by atoms with Crippen LogP contribution >= 0.6 is 24.0 Å². The molecule has 9 heteroatoms. The molecule has 1 heterocycles. The van der Waals surface area contributed by atoms with E-state index in [0.29, 0.717) is 19.0 Å². The summed E-state index contributed by atoms with van der Waals surface area (Å²) in [6.07, 6.45) is 1.08. The van der Waals surface area contributed by atoms with Crippen LogP contribution in [0.1, 0.15) is 29.4 Å². The Kier molecular flexibility index (Phi) is 10.8. The van der Waals surface area contributed by atoms with Crippen LogP contribution in [0, 0.1) is 19.7 Å². The number of guanidine groups is 1. The Morgan fingerprint density at radius 3 is 2.40 bits per heavy atom. The summed E-state index contributed by atoms with van der Waals surface area (Å²) in [4.78, 5) is 16.2. The van der Waals surface area contributed by atoms with E-state index in [-0.39, 0.29) is 48.2 Å². The average molecular weight is 530 g/mol. The van der Waals surface area contributed by atoms with Gasteiger partial charge in [0, 0.05) is 38.9 Å². The summed E-state index contributed by atoms with van der Waals surface area (Å²) >= 11 is 0. The molecule has 166 valence electrons. The van der Waals surface area contributed by atoms with Gasteiger partial charge in [0.25, 0.3) is 0 Å². The summed E-state index contributed by atoms with van der Waals surface area (Å²) in [6.45, 7) is 7.21. The Bertz CT molecular complexity index is 850. The van der Waals surface area contributed by atoms with E-state index in [0.717, 1.165) is 17.7 Å².